The van der Waals surface area contributed by atoms with Crippen LogP contribution in [0.15, 0.2) is 48.8 Å². The van der Waals surface area contributed by atoms with Gasteiger partial charge in [-0.15, -0.1) is 0 Å². The van der Waals surface area contributed by atoms with E-state index in [2.05, 4.69) is 21.8 Å². The summed E-state index contributed by atoms with van der Waals surface area (Å²) in [6.07, 6.45) is 2.75. The molecule has 0 spiro atoms. The SMILES string of the molecule is O=[N+]([O-])c1cn2c(n1)OC[C@@H](OCc1ccc(C#Cc3ccc(F)cc3)nc1)C2. The summed E-state index contributed by atoms with van der Waals surface area (Å²) in [5, 5.41) is 10.8. The van der Waals surface area contributed by atoms with Gasteiger partial charge in [0.2, 0.25) is 0 Å². The number of aromatic nitrogens is 3. The molecule has 0 N–H and O–H groups in total. The van der Waals surface area contributed by atoms with Gasteiger partial charge in [0.25, 0.3) is 0 Å². The van der Waals surface area contributed by atoms with Crippen molar-refractivity contribution in [3.8, 4) is 17.9 Å². The predicted octanol–water partition coefficient (Wildman–Crippen LogP) is 2.70. The fourth-order valence-electron chi connectivity index (χ4n) is 2.73. The number of nitro groups is 1. The average Bonchev–Trinajstić information content (AvgIpc) is 3.16. The van der Waals surface area contributed by atoms with Gasteiger partial charge in [0, 0.05) is 16.7 Å². The molecule has 146 valence electrons. The van der Waals surface area contributed by atoms with Gasteiger partial charge in [0.05, 0.1) is 13.2 Å². The largest absolute Gasteiger partial charge is 0.443 e. The van der Waals surface area contributed by atoms with Crippen LogP contribution >= 0.6 is 0 Å². The first-order chi connectivity index (χ1) is 14.1. The van der Waals surface area contributed by atoms with Gasteiger partial charge >= 0.3 is 11.8 Å². The van der Waals surface area contributed by atoms with Crippen LogP contribution in [0, 0.1) is 27.8 Å². The van der Waals surface area contributed by atoms with Crippen molar-refractivity contribution >= 4 is 5.82 Å². The van der Waals surface area contributed by atoms with Crippen molar-refractivity contribution in [3.63, 3.8) is 0 Å². The van der Waals surface area contributed by atoms with Crippen LogP contribution in [0.1, 0.15) is 16.8 Å². The number of rotatable bonds is 4. The molecule has 0 radical (unpaired) electrons. The van der Waals surface area contributed by atoms with E-state index in [1.165, 1.54) is 18.3 Å². The highest BCUT2D eigenvalue weighted by Crippen LogP contribution is 2.22. The van der Waals surface area contributed by atoms with E-state index >= 15 is 0 Å². The fraction of sp³-hybridized carbons (Fsp3) is 0.200. The molecule has 0 saturated heterocycles. The Kier molecular flexibility index (Phi) is 5.18. The third-order valence-electron chi connectivity index (χ3n) is 4.20. The molecule has 3 aromatic rings. The molecule has 0 amide bonds. The molecule has 0 saturated carbocycles. The Morgan fingerprint density at radius 1 is 1.28 bits per heavy atom. The van der Waals surface area contributed by atoms with Crippen LogP contribution in [0.5, 0.6) is 6.01 Å². The van der Waals surface area contributed by atoms with Gasteiger partial charge in [0.1, 0.15) is 30.4 Å². The molecule has 4 rings (SSSR count). The zero-order chi connectivity index (χ0) is 20.2. The van der Waals surface area contributed by atoms with E-state index in [-0.39, 0.29) is 30.4 Å². The minimum absolute atomic E-state index is 0.224. The van der Waals surface area contributed by atoms with Crippen molar-refractivity contribution in [2.45, 2.75) is 19.3 Å². The van der Waals surface area contributed by atoms with Crippen LogP contribution in [0.3, 0.4) is 0 Å². The van der Waals surface area contributed by atoms with E-state index in [1.807, 2.05) is 6.07 Å². The molecule has 0 aliphatic carbocycles. The molecule has 0 unspecified atom stereocenters. The van der Waals surface area contributed by atoms with Crippen LogP contribution in [0.25, 0.3) is 0 Å². The lowest BCUT2D eigenvalue weighted by Crippen LogP contribution is -2.32. The van der Waals surface area contributed by atoms with Crippen molar-refractivity contribution in [1.82, 2.24) is 14.5 Å². The molecule has 29 heavy (non-hydrogen) atoms. The third-order valence-corrected chi connectivity index (χ3v) is 4.20. The number of ether oxygens (including phenoxy) is 2. The summed E-state index contributed by atoms with van der Waals surface area (Å²) in [5.74, 6) is 5.30. The summed E-state index contributed by atoms with van der Waals surface area (Å²) in [7, 11) is 0. The van der Waals surface area contributed by atoms with Crippen LogP contribution in [-0.4, -0.2) is 32.2 Å². The summed E-state index contributed by atoms with van der Waals surface area (Å²) in [6, 6.07) is 9.80. The van der Waals surface area contributed by atoms with Crippen molar-refractivity contribution < 1.29 is 18.8 Å². The number of hydrogen-bond donors (Lipinski definition) is 0. The van der Waals surface area contributed by atoms with Crippen molar-refractivity contribution in [3.05, 3.63) is 81.5 Å². The van der Waals surface area contributed by atoms with Crippen molar-refractivity contribution in [2.75, 3.05) is 6.61 Å². The Balaban J connectivity index is 1.32. The summed E-state index contributed by atoms with van der Waals surface area (Å²) >= 11 is 0. The Morgan fingerprint density at radius 3 is 2.83 bits per heavy atom. The first kappa shape index (κ1) is 18.6. The Bertz CT molecular complexity index is 1080. The molecule has 0 bridgehead atoms. The smallest absolute Gasteiger partial charge is 0.414 e. The van der Waals surface area contributed by atoms with Crippen molar-refractivity contribution in [1.29, 1.82) is 0 Å². The molecule has 1 aliphatic heterocycles. The summed E-state index contributed by atoms with van der Waals surface area (Å²) in [4.78, 5) is 18.3. The van der Waals surface area contributed by atoms with E-state index in [9.17, 15) is 14.5 Å². The van der Waals surface area contributed by atoms with Gasteiger partial charge in [0.15, 0.2) is 0 Å². The average molecular weight is 394 g/mol. The number of benzene rings is 1. The van der Waals surface area contributed by atoms with Gasteiger partial charge in [-0.2, -0.15) is 0 Å². The first-order valence-corrected chi connectivity index (χ1v) is 8.75. The Hall–Kier alpha value is -3.77. The molecular formula is C20H15FN4O4. The molecule has 9 heteroatoms. The molecular weight excluding hydrogens is 379 g/mol. The predicted molar refractivity (Wildman–Crippen MR) is 99.6 cm³/mol. The zero-order valence-electron chi connectivity index (χ0n) is 15.1. The number of hydrogen-bond acceptors (Lipinski definition) is 6. The number of nitrogens with zero attached hydrogens (tertiary/aromatic N) is 4. The maximum Gasteiger partial charge on any atom is 0.414 e. The van der Waals surface area contributed by atoms with Gasteiger partial charge in [-0.1, -0.05) is 12.0 Å². The van der Waals surface area contributed by atoms with E-state index in [0.717, 1.165) is 5.56 Å². The minimum atomic E-state index is -0.559. The van der Waals surface area contributed by atoms with E-state index < -0.39 is 4.92 Å². The normalized spacial score (nSPS) is 15.0. The second-order valence-electron chi connectivity index (χ2n) is 6.34. The number of pyridine rings is 1. The molecule has 8 nitrogen and oxygen atoms in total. The van der Waals surface area contributed by atoms with E-state index in [4.69, 9.17) is 9.47 Å². The molecule has 0 fully saturated rings. The second kappa shape index (κ2) is 8.08. The summed E-state index contributed by atoms with van der Waals surface area (Å²) in [5.41, 5.74) is 2.16. The van der Waals surface area contributed by atoms with Gasteiger partial charge in [-0.05, 0) is 46.7 Å². The number of fused-ring (bicyclic) bond motifs is 1. The fourth-order valence-corrected chi connectivity index (χ4v) is 2.73. The maximum absolute atomic E-state index is 12.9. The van der Waals surface area contributed by atoms with Gasteiger partial charge < -0.3 is 19.6 Å². The molecule has 3 heterocycles. The van der Waals surface area contributed by atoms with E-state index in [0.29, 0.717) is 24.4 Å². The summed E-state index contributed by atoms with van der Waals surface area (Å²) in [6.45, 7) is 1.01. The highest BCUT2D eigenvalue weighted by Gasteiger charge is 2.28. The minimum Gasteiger partial charge on any atom is -0.443 e. The lowest BCUT2D eigenvalue weighted by atomic mass is 10.2. The first-order valence-electron chi connectivity index (χ1n) is 8.75. The molecule has 1 aromatic carbocycles. The van der Waals surface area contributed by atoms with Crippen LogP contribution in [0.4, 0.5) is 10.2 Å². The number of imidazole rings is 1. The van der Waals surface area contributed by atoms with Gasteiger partial charge in [-0.25, -0.2) is 9.37 Å². The Labute approximate surface area is 165 Å². The lowest BCUT2D eigenvalue weighted by Gasteiger charge is -2.22. The summed E-state index contributed by atoms with van der Waals surface area (Å²) < 4.78 is 25.7. The topological polar surface area (TPSA) is 92.3 Å². The highest BCUT2D eigenvalue weighted by atomic mass is 19.1. The number of halogens is 1. The van der Waals surface area contributed by atoms with Crippen LogP contribution < -0.4 is 4.74 Å². The monoisotopic (exact) mass is 394 g/mol. The standard InChI is InChI=1S/C20H15FN4O4/c21-16-5-1-14(2-6-16)3-7-17-8-4-15(9-22-17)12-28-18-10-24-11-19(25(26)27)23-20(24)29-13-18/h1-2,4-6,8-9,11,18H,10,12-13H2/t18-/m0/s1. The second-order valence-corrected chi connectivity index (χ2v) is 6.34. The zero-order valence-corrected chi connectivity index (χ0v) is 15.1. The molecule has 1 atom stereocenters. The van der Waals surface area contributed by atoms with Crippen LogP contribution in [0.2, 0.25) is 0 Å². The Morgan fingerprint density at radius 2 is 2.10 bits per heavy atom. The maximum atomic E-state index is 12.9. The van der Waals surface area contributed by atoms with Crippen molar-refractivity contribution in [2.24, 2.45) is 0 Å². The van der Waals surface area contributed by atoms with E-state index in [1.54, 1.807) is 29.0 Å². The van der Waals surface area contributed by atoms with Gasteiger partial charge in [-0.3, -0.25) is 4.57 Å². The molecule has 1 aliphatic rings. The van der Waals surface area contributed by atoms with Crippen LogP contribution in [-0.2, 0) is 17.9 Å². The quantitative estimate of drug-likeness (QED) is 0.384. The molecule has 2 aromatic heterocycles. The third kappa shape index (κ3) is 4.56. The highest BCUT2D eigenvalue weighted by molar-refractivity contribution is 5.40. The lowest BCUT2D eigenvalue weighted by molar-refractivity contribution is -0.389.